The molecule has 0 spiro atoms. The van der Waals surface area contributed by atoms with Crippen molar-refractivity contribution in [3.05, 3.63) is 71.4 Å². The molecule has 35 heavy (non-hydrogen) atoms. The largest absolute Gasteiger partial charge is 0.458 e. The van der Waals surface area contributed by atoms with Gasteiger partial charge in [0.25, 0.3) is 5.91 Å². The van der Waals surface area contributed by atoms with Gasteiger partial charge in [-0.05, 0) is 61.9 Å². The number of hydrogen-bond donors (Lipinski definition) is 2. The molecular weight excluding hydrogens is 444 g/mol. The van der Waals surface area contributed by atoms with Crippen LogP contribution in [0.1, 0.15) is 71.0 Å². The molecule has 3 aromatic rings. The van der Waals surface area contributed by atoms with Gasteiger partial charge in [0, 0.05) is 19.0 Å². The van der Waals surface area contributed by atoms with E-state index >= 15 is 0 Å². The fraction of sp³-hybridized carbons (Fsp3) is 0.393. The topological polar surface area (TPSA) is 102 Å². The second-order valence-corrected chi connectivity index (χ2v) is 9.16. The highest BCUT2D eigenvalue weighted by molar-refractivity contribution is 5.96. The number of amides is 2. The van der Waals surface area contributed by atoms with Crippen LogP contribution < -0.4 is 10.6 Å². The first-order valence-electron chi connectivity index (χ1n) is 12.3. The third-order valence-corrected chi connectivity index (χ3v) is 6.66. The Hall–Kier alpha value is -3.61. The van der Waals surface area contributed by atoms with Crippen LogP contribution in [-0.4, -0.2) is 30.7 Å². The van der Waals surface area contributed by atoms with E-state index in [0.29, 0.717) is 24.4 Å². The lowest BCUT2D eigenvalue weighted by atomic mass is 9.83. The number of rotatable bonds is 9. The normalized spacial score (nSPS) is 14.9. The number of ketones is 1. The van der Waals surface area contributed by atoms with Crippen LogP contribution in [-0.2, 0) is 11.2 Å². The lowest BCUT2D eigenvalue weighted by Gasteiger charge is -2.29. The van der Waals surface area contributed by atoms with Crippen LogP contribution >= 0.6 is 0 Å². The maximum absolute atomic E-state index is 12.9. The molecule has 0 unspecified atom stereocenters. The third-order valence-electron chi connectivity index (χ3n) is 6.66. The van der Waals surface area contributed by atoms with E-state index < -0.39 is 11.9 Å². The average molecular weight is 477 g/mol. The van der Waals surface area contributed by atoms with Gasteiger partial charge in [-0.1, -0.05) is 43.5 Å². The number of carbonyl (C=O) groups is 3. The number of aryl methyl sites for hydroxylation is 2. The molecule has 7 heteroatoms. The van der Waals surface area contributed by atoms with E-state index in [1.165, 1.54) is 6.42 Å². The summed E-state index contributed by atoms with van der Waals surface area (Å²) in [5.41, 5.74) is 1.85. The van der Waals surface area contributed by atoms with Crippen LogP contribution in [0.25, 0.3) is 11.3 Å². The van der Waals surface area contributed by atoms with Gasteiger partial charge in [0.2, 0.25) is 5.91 Å². The Bertz CT molecular complexity index is 1170. The Balaban J connectivity index is 1.37. The Kier molecular flexibility index (Phi) is 7.85. The quantitative estimate of drug-likeness (QED) is 0.419. The van der Waals surface area contributed by atoms with E-state index in [4.69, 9.17) is 8.83 Å². The fourth-order valence-electron chi connectivity index (χ4n) is 4.65. The average Bonchev–Trinajstić information content (AvgIpc) is 3.56. The number of likely N-dealkylation sites (N-methyl/N-ethyl adjacent to an activating group) is 1. The van der Waals surface area contributed by atoms with Gasteiger partial charge in [0.1, 0.15) is 17.6 Å². The predicted molar refractivity (Wildman–Crippen MR) is 132 cm³/mol. The Morgan fingerprint density at radius 2 is 1.63 bits per heavy atom. The highest BCUT2D eigenvalue weighted by Gasteiger charge is 2.31. The van der Waals surface area contributed by atoms with Gasteiger partial charge < -0.3 is 19.5 Å². The van der Waals surface area contributed by atoms with E-state index in [1.54, 1.807) is 31.3 Å². The molecule has 1 saturated carbocycles. The van der Waals surface area contributed by atoms with Crippen LogP contribution in [0.3, 0.4) is 0 Å². The molecule has 1 aromatic carbocycles. The van der Waals surface area contributed by atoms with Gasteiger partial charge in [-0.15, -0.1) is 0 Å². The number of nitrogens with one attached hydrogen (secondary N) is 2. The molecule has 1 atom stereocenters. The van der Waals surface area contributed by atoms with Crippen molar-refractivity contribution in [3.8, 4) is 11.3 Å². The zero-order chi connectivity index (χ0) is 24.8. The van der Waals surface area contributed by atoms with Gasteiger partial charge in [-0.3, -0.25) is 14.4 Å². The van der Waals surface area contributed by atoms with E-state index in [9.17, 15) is 14.4 Å². The minimum absolute atomic E-state index is 0.0212. The Morgan fingerprint density at radius 1 is 0.914 bits per heavy atom. The van der Waals surface area contributed by atoms with Crippen molar-refractivity contribution in [2.45, 2.75) is 57.9 Å². The highest BCUT2D eigenvalue weighted by atomic mass is 16.4. The summed E-state index contributed by atoms with van der Waals surface area (Å²) in [5.74, 6) is 1.41. The zero-order valence-electron chi connectivity index (χ0n) is 20.3. The zero-order valence-corrected chi connectivity index (χ0v) is 20.3. The number of benzene rings is 1. The minimum atomic E-state index is -0.562. The standard InChI is InChI=1S/C28H32N2O5/c1-18-8-15-24(34-18)22(31)14-11-19-9-12-20(13-10-19)23-16-17-25(35-23)27(32)30-26(28(33)29-2)21-6-4-3-5-7-21/h8-10,12-13,15-17,21,26H,3-7,11,14H2,1-2H3,(H,29,33)(H,30,32)/t26-/m0/s1. The van der Waals surface area contributed by atoms with Gasteiger partial charge in [-0.2, -0.15) is 0 Å². The minimum Gasteiger partial charge on any atom is -0.458 e. The molecule has 7 nitrogen and oxygen atoms in total. The van der Waals surface area contributed by atoms with E-state index in [1.807, 2.05) is 31.2 Å². The Morgan fingerprint density at radius 3 is 2.29 bits per heavy atom. The molecule has 184 valence electrons. The first-order valence-corrected chi connectivity index (χ1v) is 12.3. The SMILES string of the molecule is CNC(=O)[C@@H](NC(=O)c1ccc(-c2ccc(CCC(=O)c3ccc(C)o3)cc2)o1)C1CCCCC1. The number of hydrogen-bond acceptors (Lipinski definition) is 5. The molecule has 1 fully saturated rings. The molecule has 2 heterocycles. The molecule has 0 aliphatic heterocycles. The van der Waals surface area contributed by atoms with Crippen molar-refractivity contribution in [3.63, 3.8) is 0 Å². The molecule has 2 amide bonds. The van der Waals surface area contributed by atoms with Crippen LogP contribution in [0.2, 0.25) is 0 Å². The van der Waals surface area contributed by atoms with Crippen molar-refractivity contribution in [1.82, 2.24) is 10.6 Å². The van der Waals surface area contributed by atoms with Gasteiger partial charge in [0.15, 0.2) is 17.3 Å². The fourth-order valence-corrected chi connectivity index (χ4v) is 4.65. The number of Topliss-reactive ketones (excluding diaryl/α,β-unsaturated/α-hetero) is 1. The van der Waals surface area contributed by atoms with Gasteiger partial charge >= 0.3 is 0 Å². The molecule has 0 radical (unpaired) electrons. The van der Waals surface area contributed by atoms with Crippen molar-refractivity contribution in [2.75, 3.05) is 7.05 Å². The Labute approximate surface area is 205 Å². The predicted octanol–water partition coefficient (Wildman–Crippen LogP) is 5.09. The molecule has 4 rings (SSSR count). The van der Waals surface area contributed by atoms with Crippen molar-refractivity contribution >= 4 is 17.6 Å². The van der Waals surface area contributed by atoms with Crippen LogP contribution in [0.5, 0.6) is 0 Å². The number of furan rings is 2. The summed E-state index contributed by atoms with van der Waals surface area (Å²) in [6.45, 7) is 1.82. The second kappa shape index (κ2) is 11.2. The van der Waals surface area contributed by atoms with Crippen molar-refractivity contribution in [2.24, 2.45) is 5.92 Å². The van der Waals surface area contributed by atoms with Crippen LogP contribution in [0.4, 0.5) is 0 Å². The first-order chi connectivity index (χ1) is 16.9. The molecular formula is C28H32N2O5. The molecule has 0 bridgehead atoms. The van der Waals surface area contributed by atoms with Gasteiger partial charge in [-0.25, -0.2) is 0 Å². The molecule has 2 aromatic heterocycles. The van der Waals surface area contributed by atoms with Crippen molar-refractivity contribution < 1.29 is 23.2 Å². The van der Waals surface area contributed by atoms with Gasteiger partial charge in [0.05, 0.1) is 0 Å². The van der Waals surface area contributed by atoms with E-state index in [2.05, 4.69) is 10.6 Å². The molecule has 0 saturated heterocycles. The van der Waals surface area contributed by atoms with Crippen LogP contribution in [0, 0.1) is 12.8 Å². The number of carbonyl (C=O) groups excluding carboxylic acids is 3. The smallest absolute Gasteiger partial charge is 0.287 e. The summed E-state index contributed by atoms with van der Waals surface area (Å²) in [5, 5.41) is 5.56. The summed E-state index contributed by atoms with van der Waals surface area (Å²) in [7, 11) is 1.59. The third kappa shape index (κ3) is 6.10. The van der Waals surface area contributed by atoms with Crippen molar-refractivity contribution in [1.29, 1.82) is 0 Å². The lowest BCUT2D eigenvalue weighted by molar-refractivity contribution is -0.124. The molecule has 2 N–H and O–H groups in total. The molecule has 1 aliphatic rings. The summed E-state index contributed by atoms with van der Waals surface area (Å²) >= 11 is 0. The second-order valence-electron chi connectivity index (χ2n) is 9.16. The summed E-state index contributed by atoms with van der Waals surface area (Å²) in [4.78, 5) is 37.5. The lowest BCUT2D eigenvalue weighted by Crippen LogP contribution is -2.50. The van der Waals surface area contributed by atoms with E-state index in [-0.39, 0.29) is 23.4 Å². The summed E-state index contributed by atoms with van der Waals surface area (Å²) in [6, 6.07) is 14.0. The van der Waals surface area contributed by atoms with Crippen LogP contribution in [0.15, 0.2) is 57.4 Å². The maximum Gasteiger partial charge on any atom is 0.287 e. The molecule has 1 aliphatic carbocycles. The summed E-state index contributed by atoms with van der Waals surface area (Å²) in [6.07, 6.45) is 6.15. The van der Waals surface area contributed by atoms with E-state index in [0.717, 1.165) is 42.6 Å². The first kappa shape index (κ1) is 24.5. The monoisotopic (exact) mass is 476 g/mol. The highest BCUT2D eigenvalue weighted by Crippen LogP contribution is 2.28. The maximum atomic E-state index is 12.9. The summed E-state index contributed by atoms with van der Waals surface area (Å²) < 4.78 is 11.2.